The molecule has 1 aromatic carbocycles. The number of aromatic hydroxyl groups is 1. The number of hydrogen-bond donors (Lipinski definition) is 3. The second-order valence-corrected chi connectivity index (χ2v) is 7.31. The molecule has 0 aliphatic heterocycles. The Labute approximate surface area is 162 Å². The fraction of sp³-hybridized carbons (Fsp3) is 0.450. The Morgan fingerprint density at radius 3 is 2.89 bits per heavy atom. The molecule has 0 bridgehead atoms. The molecule has 0 amide bonds. The highest BCUT2D eigenvalue weighted by Crippen LogP contribution is 2.30. The number of hydrogen-bond acceptors (Lipinski definition) is 6. The van der Waals surface area contributed by atoms with Crippen molar-refractivity contribution >= 4 is 11.0 Å². The molecule has 0 saturated heterocycles. The second-order valence-electron chi connectivity index (χ2n) is 7.31. The number of methoxy groups -OCH3 is 1. The van der Waals surface area contributed by atoms with Crippen molar-refractivity contribution in [3.63, 3.8) is 0 Å². The molecule has 0 spiro atoms. The van der Waals surface area contributed by atoms with Crippen LogP contribution in [-0.4, -0.2) is 32.0 Å². The zero-order valence-corrected chi connectivity index (χ0v) is 16.1. The zero-order chi connectivity index (χ0) is 19.7. The van der Waals surface area contributed by atoms with E-state index < -0.39 is 0 Å². The molecule has 0 unspecified atom stereocenters. The summed E-state index contributed by atoms with van der Waals surface area (Å²) in [5, 5.41) is 18.4. The third-order valence-electron chi connectivity index (χ3n) is 5.45. The number of aromatic amines is 1. The van der Waals surface area contributed by atoms with Crippen molar-refractivity contribution < 1.29 is 9.84 Å². The molecule has 4 rings (SSSR count). The van der Waals surface area contributed by atoms with Gasteiger partial charge in [-0.15, -0.1) is 0 Å². The van der Waals surface area contributed by atoms with Gasteiger partial charge in [0.2, 0.25) is 0 Å². The number of fused-ring (bicyclic) bond motifs is 1. The molecule has 8 heteroatoms. The van der Waals surface area contributed by atoms with E-state index in [2.05, 4.69) is 15.4 Å². The molecule has 1 aliphatic carbocycles. The minimum atomic E-state index is -0.203. The average Bonchev–Trinajstić information content (AvgIpc) is 3.36. The van der Waals surface area contributed by atoms with Crippen LogP contribution in [0.1, 0.15) is 56.1 Å². The van der Waals surface area contributed by atoms with E-state index in [0.717, 1.165) is 18.4 Å². The number of nitrogens with zero attached hydrogens (tertiary/aromatic N) is 3. The highest BCUT2D eigenvalue weighted by molar-refractivity contribution is 5.73. The first-order valence-electron chi connectivity index (χ1n) is 9.63. The van der Waals surface area contributed by atoms with Gasteiger partial charge < -0.3 is 20.1 Å². The smallest absolute Gasteiger partial charge is 0.262 e. The molecule has 3 aromatic rings. The molecular formula is C20H25N5O3. The lowest BCUT2D eigenvalue weighted by molar-refractivity contribution is 0.405. The van der Waals surface area contributed by atoms with Crippen LogP contribution >= 0.6 is 0 Å². The number of benzene rings is 1. The molecule has 1 aliphatic rings. The predicted molar refractivity (Wildman–Crippen MR) is 106 cm³/mol. The van der Waals surface area contributed by atoms with Gasteiger partial charge in [0.05, 0.1) is 25.4 Å². The fourth-order valence-corrected chi connectivity index (χ4v) is 3.75. The van der Waals surface area contributed by atoms with Gasteiger partial charge in [0.15, 0.2) is 5.65 Å². The van der Waals surface area contributed by atoms with E-state index in [4.69, 9.17) is 9.72 Å². The molecule has 1 fully saturated rings. The van der Waals surface area contributed by atoms with Crippen molar-refractivity contribution in [3.05, 3.63) is 46.1 Å². The van der Waals surface area contributed by atoms with Gasteiger partial charge in [-0.3, -0.25) is 4.79 Å². The summed E-state index contributed by atoms with van der Waals surface area (Å²) < 4.78 is 7.01. The summed E-state index contributed by atoms with van der Waals surface area (Å²) in [5.74, 6) is 1.33. The minimum absolute atomic E-state index is 0.162. The molecule has 1 atom stereocenters. The van der Waals surface area contributed by atoms with Crippen molar-refractivity contribution in [2.45, 2.75) is 51.2 Å². The largest absolute Gasteiger partial charge is 0.507 e. The van der Waals surface area contributed by atoms with Gasteiger partial charge in [0, 0.05) is 18.2 Å². The van der Waals surface area contributed by atoms with Crippen LogP contribution in [0.25, 0.3) is 11.0 Å². The SMILES string of the molecule is COc1ccc(CN[C@H](C)c2nc3c(cnn3C3CCCC3)c(=O)[nH]2)c(O)c1. The van der Waals surface area contributed by atoms with E-state index >= 15 is 0 Å². The first kappa shape index (κ1) is 18.5. The summed E-state index contributed by atoms with van der Waals surface area (Å²) in [4.78, 5) is 20.1. The molecule has 28 heavy (non-hydrogen) atoms. The maximum absolute atomic E-state index is 12.5. The normalized spacial score (nSPS) is 15.9. The van der Waals surface area contributed by atoms with Gasteiger partial charge in [0.25, 0.3) is 5.56 Å². The molecule has 148 valence electrons. The second kappa shape index (κ2) is 7.63. The summed E-state index contributed by atoms with van der Waals surface area (Å²) in [6.45, 7) is 2.36. The molecule has 3 N–H and O–H groups in total. The third kappa shape index (κ3) is 3.47. The van der Waals surface area contributed by atoms with Crippen molar-refractivity contribution in [1.82, 2.24) is 25.1 Å². The van der Waals surface area contributed by atoms with Crippen LogP contribution in [0.3, 0.4) is 0 Å². The number of rotatable bonds is 6. The minimum Gasteiger partial charge on any atom is -0.507 e. The Kier molecular flexibility index (Phi) is 5.04. The van der Waals surface area contributed by atoms with Crippen molar-refractivity contribution in [2.75, 3.05) is 7.11 Å². The fourth-order valence-electron chi connectivity index (χ4n) is 3.75. The van der Waals surface area contributed by atoms with Crippen LogP contribution in [0.2, 0.25) is 0 Å². The molecule has 2 aromatic heterocycles. The molecule has 2 heterocycles. The van der Waals surface area contributed by atoms with Crippen LogP contribution in [0.5, 0.6) is 11.5 Å². The highest BCUT2D eigenvalue weighted by atomic mass is 16.5. The molecule has 0 radical (unpaired) electrons. The maximum Gasteiger partial charge on any atom is 0.262 e. The summed E-state index contributed by atoms with van der Waals surface area (Å²) in [5.41, 5.74) is 1.21. The van der Waals surface area contributed by atoms with Crippen LogP contribution in [0.15, 0.2) is 29.2 Å². The van der Waals surface area contributed by atoms with Crippen molar-refractivity contribution in [1.29, 1.82) is 0 Å². The number of nitrogens with one attached hydrogen (secondary N) is 2. The Balaban J connectivity index is 1.56. The first-order chi connectivity index (χ1) is 13.6. The molecule has 8 nitrogen and oxygen atoms in total. The van der Waals surface area contributed by atoms with E-state index in [1.54, 1.807) is 25.4 Å². The van der Waals surface area contributed by atoms with Crippen LogP contribution in [-0.2, 0) is 6.54 Å². The summed E-state index contributed by atoms with van der Waals surface area (Å²) in [6.07, 6.45) is 6.13. The van der Waals surface area contributed by atoms with E-state index in [1.807, 2.05) is 17.7 Å². The Hall–Kier alpha value is -2.87. The van der Waals surface area contributed by atoms with E-state index in [9.17, 15) is 9.90 Å². The van der Waals surface area contributed by atoms with Crippen molar-refractivity contribution in [3.8, 4) is 11.5 Å². The van der Waals surface area contributed by atoms with Gasteiger partial charge in [0.1, 0.15) is 22.7 Å². The van der Waals surface area contributed by atoms with Crippen LogP contribution in [0.4, 0.5) is 0 Å². The maximum atomic E-state index is 12.5. The lowest BCUT2D eigenvalue weighted by atomic mass is 10.1. The van der Waals surface area contributed by atoms with Gasteiger partial charge in [-0.1, -0.05) is 18.9 Å². The van der Waals surface area contributed by atoms with Crippen LogP contribution < -0.4 is 15.6 Å². The predicted octanol–water partition coefficient (Wildman–Crippen LogP) is 2.80. The summed E-state index contributed by atoms with van der Waals surface area (Å²) >= 11 is 0. The van der Waals surface area contributed by atoms with Crippen molar-refractivity contribution in [2.24, 2.45) is 0 Å². The number of phenolic OH excluding ortho intramolecular Hbond substituents is 1. The van der Waals surface area contributed by atoms with Gasteiger partial charge in [-0.25, -0.2) is 9.67 Å². The Morgan fingerprint density at radius 2 is 2.18 bits per heavy atom. The van der Waals surface area contributed by atoms with Gasteiger partial charge in [-0.05, 0) is 25.8 Å². The Morgan fingerprint density at radius 1 is 1.39 bits per heavy atom. The highest BCUT2D eigenvalue weighted by Gasteiger charge is 2.22. The third-order valence-corrected chi connectivity index (χ3v) is 5.45. The topological polar surface area (TPSA) is 105 Å². The quantitative estimate of drug-likeness (QED) is 0.604. The van der Waals surface area contributed by atoms with Gasteiger partial charge >= 0.3 is 0 Å². The van der Waals surface area contributed by atoms with Gasteiger partial charge in [-0.2, -0.15) is 5.10 Å². The number of ether oxygens (including phenoxy) is 1. The monoisotopic (exact) mass is 383 g/mol. The number of aromatic nitrogens is 4. The molecular weight excluding hydrogens is 358 g/mol. The average molecular weight is 383 g/mol. The lowest BCUT2D eigenvalue weighted by Gasteiger charge is -2.15. The van der Waals surface area contributed by atoms with E-state index in [1.165, 1.54) is 12.8 Å². The summed E-state index contributed by atoms with van der Waals surface area (Å²) in [7, 11) is 1.56. The standard InChI is InChI=1S/C20H25N5O3/c1-12(21-10-13-7-8-15(28-2)9-17(13)26)18-23-19-16(20(27)24-18)11-22-25(19)14-5-3-4-6-14/h7-9,11-12,14,21,26H,3-6,10H2,1-2H3,(H,23,24,27)/t12-/m1/s1. The molecule has 1 saturated carbocycles. The van der Waals surface area contributed by atoms with E-state index in [0.29, 0.717) is 35.2 Å². The summed E-state index contributed by atoms with van der Waals surface area (Å²) in [6, 6.07) is 5.30. The first-order valence-corrected chi connectivity index (χ1v) is 9.63. The Bertz CT molecular complexity index is 1040. The zero-order valence-electron chi connectivity index (χ0n) is 16.1. The van der Waals surface area contributed by atoms with E-state index in [-0.39, 0.29) is 17.4 Å². The number of phenols is 1. The lowest BCUT2D eigenvalue weighted by Crippen LogP contribution is -2.24. The number of H-pyrrole nitrogens is 1. The van der Waals surface area contributed by atoms with Crippen LogP contribution in [0, 0.1) is 0 Å².